The van der Waals surface area contributed by atoms with E-state index in [0.29, 0.717) is 18.1 Å². The molecule has 0 amide bonds. The zero-order valence-corrected chi connectivity index (χ0v) is 13.5. The third kappa shape index (κ3) is 6.02. The number of nitrogens with zero attached hydrogens (tertiary/aromatic N) is 1. The summed E-state index contributed by atoms with van der Waals surface area (Å²) in [5, 5.41) is 3.53. The van der Waals surface area contributed by atoms with Gasteiger partial charge in [0.2, 0.25) is 0 Å². The molecule has 0 aliphatic carbocycles. The third-order valence-electron chi connectivity index (χ3n) is 3.62. The highest BCUT2D eigenvalue weighted by molar-refractivity contribution is 5.17. The average Bonchev–Trinajstić information content (AvgIpc) is 2.33. The van der Waals surface area contributed by atoms with Crippen LogP contribution in [-0.4, -0.2) is 36.1 Å². The SMILES string of the molecule is CC(Cc1cccc(F)c1)NCCN(C(C)C)C(C)C. The normalized spacial score (nSPS) is 13.4. The molecule has 0 heterocycles. The van der Waals surface area contributed by atoms with Crippen LogP contribution in [0, 0.1) is 5.82 Å². The van der Waals surface area contributed by atoms with Crippen molar-refractivity contribution in [2.24, 2.45) is 0 Å². The molecule has 20 heavy (non-hydrogen) atoms. The van der Waals surface area contributed by atoms with E-state index in [1.165, 1.54) is 6.07 Å². The molecule has 0 fully saturated rings. The number of hydrogen-bond donors (Lipinski definition) is 1. The second-order valence-corrected chi connectivity index (χ2v) is 6.11. The molecule has 0 radical (unpaired) electrons. The molecule has 0 aliphatic rings. The minimum Gasteiger partial charge on any atom is -0.313 e. The second kappa shape index (κ2) is 8.38. The predicted molar refractivity (Wildman–Crippen MR) is 84.5 cm³/mol. The van der Waals surface area contributed by atoms with Crippen molar-refractivity contribution in [3.63, 3.8) is 0 Å². The Morgan fingerprint density at radius 1 is 1.10 bits per heavy atom. The highest BCUT2D eigenvalue weighted by Crippen LogP contribution is 2.07. The lowest BCUT2D eigenvalue weighted by atomic mass is 10.1. The third-order valence-corrected chi connectivity index (χ3v) is 3.62. The van der Waals surface area contributed by atoms with Crippen LogP contribution in [0.4, 0.5) is 4.39 Å². The van der Waals surface area contributed by atoms with Gasteiger partial charge in [0.25, 0.3) is 0 Å². The Morgan fingerprint density at radius 3 is 2.30 bits per heavy atom. The van der Waals surface area contributed by atoms with Crippen LogP contribution >= 0.6 is 0 Å². The molecule has 3 heteroatoms. The van der Waals surface area contributed by atoms with Gasteiger partial charge in [-0.3, -0.25) is 4.90 Å². The fourth-order valence-corrected chi connectivity index (χ4v) is 2.64. The lowest BCUT2D eigenvalue weighted by Crippen LogP contribution is -2.43. The van der Waals surface area contributed by atoms with Gasteiger partial charge in [0.15, 0.2) is 0 Å². The number of hydrogen-bond acceptors (Lipinski definition) is 2. The first-order valence-corrected chi connectivity index (χ1v) is 7.63. The number of halogens is 1. The van der Waals surface area contributed by atoms with E-state index in [1.807, 2.05) is 6.07 Å². The molecule has 0 saturated carbocycles. The first-order chi connectivity index (χ1) is 9.40. The number of benzene rings is 1. The molecule has 114 valence electrons. The minimum atomic E-state index is -0.152. The maximum atomic E-state index is 13.1. The van der Waals surface area contributed by atoms with E-state index >= 15 is 0 Å². The summed E-state index contributed by atoms with van der Waals surface area (Å²) in [5.41, 5.74) is 1.05. The van der Waals surface area contributed by atoms with Crippen molar-refractivity contribution in [2.75, 3.05) is 13.1 Å². The minimum absolute atomic E-state index is 0.152. The number of rotatable bonds is 8. The summed E-state index contributed by atoms with van der Waals surface area (Å²) < 4.78 is 13.1. The van der Waals surface area contributed by atoms with Gasteiger partial charge < -0.3 is 5.32 Å². The van der Waals surface area contributed by atoms with Crippen LogP contribution in [0.2, 0.25) is 0 Å². The van der Waals surface area contributed by atoms with Crippen LogP contribution in [0.15, 0.2) is 24.3 Å². The molecular formula is C17H29FN2. The molecule has 1 rings (SSSR count). The summed E-state index contributed by atoms with van der Waals surface area (Å²) in [6.07, 6.45) is 0.862. The van der Waals surface area contributed by atoms with Gasteiger partial charge in [0.05, 0.1) is 0 Å². The Bertz CT molecular complexity index is 382. The molecular weight excluding hydrogens is 251 g/mol. The van der Waals surface area contributed by atoms with E-state index < -0.39 is 0 Å². The lowest BCUT2D eigenvalue weighted by molar-refractivity contribution is 0.174. The first-order valence-electron chi connectivity index (χ1n) is 7.63. The fraction of sp³-hybridized carbons (Fsp3) is 0.647. The van der Waals surface area contributed by atoms with Crippen LogP contribution in [-0.2, 0) is 6.42 Å². The summed E-state index contributed by atoms with van der Waals surface area (Å²) in [6, 6.07) is 8.35. The van der Waals surface area contributed by atoms with Crippen molar-refractivity contribution in [1.82, 2.24) is 10.2 Å². The van der Waals surface area contributed by atoms with Gasteiger partial charge in [0.1, 0.15) is 5.82 Å². The smallest absolute Gasteiger partial charge is 0.123 e. The summed E-state index contributed by atoms with van der Waals surface area (Å²) >= 11 is 0. The zero-order chi connectivity index (χ0) is 15.1. The lowest BCUT2D eigenvalue weighted by Gasteiger charge is -2.31. The molecule has 0 saturated heterocycles. The van der Waals surface area contributed by atoms with E-state index in [4.69, 9.17) is 0 Å². The molecule has 0 spiro atoms. The summed E-state index contributed by atoms with van der Waals surface area (Å²) in [4.78, 5) is 2.47. The Labute approximate surface area is 123 Å². The molecule has 1 N–H and O–H groups in total. The van der Waals surface area contributed by atoms with Gasteiger partial charge >= 0.3 is 0 Å². The van der Waals surface area contributed by atoms with E-state index in [0.717, 1.165) is 25.1 Å². The van der Waals surface area contributed by atoms with Gasteiger partial charge in [0, 0.05) is 31.2 Å². The Kier molecular flexibility index (Phi) is 7.17. The van der Waals surface area contributed by atoms with E-state index in [2.05, 4.69) is 44.8 Å². The van der Waals surface area contributed by atoms with E-state index in [1.54, 1.807) is 12.1 Å². The molecule has 0 aromatic heterocycles. The Balaban J connectivity index is 2.34. The molecule has 1 unspecified atom stereocenters. The molecule has 1 aromatic carbocycles. The highest BCUT2D eigenvalue weighted by Gasteiger charge is 2.13. The highest BCUT2D eigenvalue weighted by atomic mass is 19.1. The zero-order valence-electron chi connectivity index (χ0n) is 13.5. The van der Waals surface area contributed by atoms with Gasteiger partial charge in [-0.25, -0.2) is 4.39 Å². The number of nitrogens with one attached hydrogen (secondary N) is 1. The molecule has 2 nitrogen and oxygen atoms in total. The topological polar surface area (TPSA) is 15.3 Å². The van der Waals surface area contributed by atoms with Crippen LogP contribution in [0.25, 0.3) is 0 Å². The monoisotopic (exact) mass is 280 g/mol. The van der Waals surface area contributed by atoms with Crippen molar-refractivity contribution in [3.8, 4) is 0 Å². The van der Waals surface area contributed by atoms with Crippen LogP contribution in [0.3, 0.4) is 0 Å². The van der Waals surface area contributed by atoms with Crippen LogP contribution < -0.4 is 5.32 Å². The van der Waals surface area contributed by atoms with Crippen molar-refractivity contribution < 1.29 is 4.39 Å². The van der Waals surface area contributed by atoms with Crippen molar-refractivity contribution >= 4 is 0 Å². The van der Waals surface area contributed by atoms with E-state index in [-0.39, 0.29) is 5.82 Å². The first kappa shape index (κ1) is 17.1. The molecule has 1 aromatic rings. The quantitative estimate of drug-likeness (QED) is 0.784. The van der Waals surface area contributed by atoms with Gasteiger partial charge in [-0.1, -0.05) is 12.1 Å². The van der Waals surface area contributed by atoms with Crippen LogP contribution in [0.5, 0.6) is 0 Å². The molecule has 1 atom stereocenters. The standard InChI is InChI=1S/C17H29FN2/c1-13(2)20(14(3)4)10-9-19-15(5)11-16-7-6-8-17(18)12-16/h6-8,12-15,19H,9-11H2,1-5H3. The van der Waals surface area contributed by atoms with Gasteiger partial charge in [-0.15, -0.1) is 0 Å². The maximum absolute atomic E-state index is 13.1. The van der Waals surface area contributed by atoms with Crippen molar-refractivity contribution in [1.29, 1.82) is 0 Å². The maximum Gasteiger partial charge on any atom is 0.123 e. The van der Waals surface area contributed by atoms with Gasteiger partial charge in [-0.05, 0) is 58.7 Å². The summed E-state index contributed by atoms with van der Waals surface area (Å²) in [6.45, 7) is 13.1. The largest absolute Gasteiger partial charge is 0.313 e. The summed E-state index contributed by atoms with van der Waals surface area (Å²) in [5.74, 6) is -0.152. The van der Waals surface area contributed by atoms with Gasteiger partial charge in [-0.2, -0.15) is 0 Å². The summed E-state index contributed by atoms with van der Waals surface area (Å²) in [7, 11) is 0. The predicted octanol–water partition coefficient (Wildman–Crippen LogP) is 3.47. The molecule has 0 bridgehead atoms. The van der Waals surface area contributed by atoms with Crippen molar-refractivity contribution in [3.05, 3.63) is 35.6 Å². The molecule has 0 aliphatic heterocycles. The fourth-order valence-electron chi connectivity index (χ4n) is 2.64. The van der Waals surface area contributed by atoms with Crippen molar-refractivity contribution in [2.45, 2.75) is 59.2 Å². The average molecular weight is 280 g/mol. The Morgan fingerprint density at radius 2 is 1.75 bits per heavy atom. The van der Waals surface area contributed by atoms with E-state index in [9.17, 15) is 4.39 Å². The van der Waals surface area contributed by atoms with Crippen LogP contribution in [0.1, 0.15) is 40.2 Å². The second-order valence-electron chi connectivity index (χ2n) is 6.11. The Hall–Kier alpha value is -0.930.